The van der Waals surface area contributed by atoms with E-state index in [0.29, 0.717) is 11.3 Å². The van der Waals surface area contributed by atoms with E-state index in [1.54, 1.807) is 18.2 Å². The molecule has 3 nitrogen and oxygen atoms in total. The minimum Gasteiger partial charge on any atom is -0.478 e. The molecule has 1 atom stereocenters. The van der Waals surface area contributed by atoms with E-state index in [-0.39, 0.29) is 5.57 Å². The third-order valence-corrected chi connectivity index (χ3v) is 3.50. The molecular weight excluding hydrogens is 252 g/mol. The highest BCUT2D eigenvalue weighted by Gasteiger charge is 2.34. The molecule has 0 fully saturated rings. The maximum absolute atomic E-state index is 11.5. The van der Waals surface area contributed by atoms with Gasteiger partial charge in [0.1, 0.15) is 5.75 Å². The number of hydrogen-bond donors (Lipinski definition) is 1. The van der Waals surface area contributed by atoms with Crippen LogP contribution in [0.25, 0.3) is 5.57 Å². The van der Waals surface area contributed by atoms with E-state index in [4.69, 9.17) is 4.74 Å². The lowest BCUT2D eigenvalue weighted by atomic mass is 9.88. The van der Waals surface area contributed by atoms with Crippen molar-refractivity contribution in [3.8, 4) is 5.75 Å². The molecule has 1 aliphatic rings. The van der Waals surface area contributed by atoms with Crippen LogP contribution in [0.1, 0.15) is 18.1 Å². The van der Waals surface area contributed by atoms with Crippen LogP contribution < -0.4 is 4.74 Å². The van der Waals surface area contributed by atoms with Crippen LogP contribution in [0.2, 0.25) is 0 Å². The van der Waals surface area contributed by atoms with Crippen molar-refractivity contribution in [1.82, 2.24) is 0 Å². The number of aliphatic carboxylic acids is 1. The highest BCUT2D eigenvalue weighted by Crippen LogP contribution is 2.40. The molecule has 0 spiro atoms. The van der Waals surface area contributed by atoms with E-state index in [0.717, 1.165) is 5.56 Å². The molecule has 0 amide bonds. The molecule has 1 unspecified atom stereocenters. The number of hydrogen-bond acceptors (Lipinski definition) is 2. The predicted octanol–water partition coefficient (Wildman–Crippen LogP) is 3.46. The van der Waals surface area contributed by atoms with E-state index in [1.807, 2.05) is 49.4 Å². The molecule has 3 rings (SSSR count). The molecule has 1 N–H and O–H groups in total. The third kappa shape index (κ3) is 1.97. The number of rotatable bonds is 2. The summed E-state index contributed by atoms with van der Waals surface area (Å²) in [5.41, 5.74) is 1.04. The second-order valence-electron chi connectivity index (χ2n) is 4.93. The van der Waals surface area contributed by atoms with Gasteiger partial charge < -0.3 is 9.84 Å². The first-order chi connectivity index (χ1) is 9.60. The van der Waals surface area contributed by atoms with Crippen LogP contribution in [0.15, 0.2) is 60.7 Å². The first-order valence-corrected chi connectivity index (χ1v) is 6.40. The largest absolute Gasteiger partial charge is 0.478 e. The molecule has 3 heteroatoms. The topological polar surface area (TPSA) is 46.5 Å². The molecule has 0 aromatic heterocycles. The molecule has 2 aromatic carbocycles. The number of carbonyl (C=O) groups is 1. The summed E-state index contributed by atoms with van der Waals surface area (Å²) in [7, 11) is 0. The standard InChI is InChI=1S/C17H14O3/c1-17(12-7-3-2-4-8-12)11-14(16(18)19)13-9-5-6-10-15(13)20-17/h2-11H,1H3,(H,18,19). The summed E-state index contributed by atoms with van der Waals surface area (Å²) in [6.45, 7) is 1.88. The SMILES string of the molecule is CC1(c2ccccc2)C=C(C(=O)O)c2ccccc2O1. The summed E-state index contributed by atoms with van der Waals surface area (Å²) in [5.74, 6) is -0.346. The molecule has 2 aromatic rings. The summed E-state index contributed by atoms with van der Waals surface area (Å²) in [5, 5.41) is 9.44. The van der Waals surface area contributed by atoms with Gasteiger partial charge in [-0.15, -0.1) is 0 Å². The molecule has 1 heterocycles. The van der Waals surface area contributed by atoms with Gasteiger partial charge >= 0.3 is 5.97 Å². The average Bonchev–Trinajstić information content (AvgIpc) is 2.47. The van der Waals surface area contributed by atoms with Gasteiger partial charge in [-0.2, -0.15) is 0 Å². The monoisotopic (exact) mass is 266 g/mol. The lowest BCUT2D eigenvalue weighted by Crippen LogP contribution is -2.31. The molecule has 20 heavy (non-hydrogen) atoms. The summed E-state index contributed by atoms with van der Waals surface area (Å²) < 4.78 is 6.05. The van der Waals surface area contributed by atoms with E-state index < -0.39 is 11.6 Å². The van der Waals surface area contributed by atoms with Crippen molar-refractivity contribution in [3.05, 3.63) is 71.8 Å². The lowest BCUT2D eigenvalue weighted by molar-refractivity contribution is -0.130. The fourth-order valence-electron chi connectivity index (χ4n) is 2.48. The van der Waals surface area contributed by atoms with Gasteiger partial charge in [0.15, 0.2) is 5.60 Å². The first kappa shape index (κ1) is 12.5. The van der Waals surface area contributed by atoms with Crippen molar-refractivity contribution in [1.29, 1.82) is 0 Å². The number of para-hydroxylation sites is 1. The second kappa shape index (κ2) is 4.53. The Kier molecular flexibility index (Phi) is 2.83. The number of fused-ring (bicyclic) bond motifs is 1. The summed E-state index contributed by atoms with van der Waals surface area (Å²) >= 11 is 0. The zero-order chi connectivity index (χ0) is 14.2. The van der Waals surface area contributed by atoms with E-state index in [1.165, 1.54) is 0 Å². The summed E-state index contributed by atoms with van der Waals surface area (Å²) in [4.78, 5) is 11.5. The number of ether oxygens (including phenoxy) is 1. The Labute approximate surface area is 117 Å². The molecular formula is C17H14O3. The fraction of sp³-hybridized carbons (Fsp3) is 0.118. The number of carboxylic acids is 1. The van der Waals surface area contributed by atoms with Crippen molar-refractivity contribution >= 4 is 11.5 Å². The zero-order valence-electron chi connectivity index (χ0n) is 11.0. The third-order valence-electron chi connectivity index (χ3n) is 3.50. The molecule has 0 bridgehead atoms. The maximum Gasteiger partial charge on any atom is 0.336 e. The van der Waals surface area contributed by atoms with Gasteiger partial charge in [0, 0.05) is 5.56 Å². The zero-order valence-corrected chi connectivity index (χ0v) is 11.0. The quantitative estimate of drug-likeness (QED) is 0.905. The predicted molar refractivity (Wildman–Crippen MR) is 76.5 cm³/mol. The van der Waals surface area contributed by atoms with Gasteiger partial charge in [-0.25, -0.2) is 4.79 Å². The molecule has 0 saturated carbocycles. The molecule has 100 valence electrons. The molecule has 0 radical (unpaired) electrons. The van der Waals surface area contributed by atoms with Crippen LogP contribution in [0.4, 0.5) is 0 Å². The van der Waals surface area contributed by atoms with Crippen LogP contribution in [0, 0.1) is 0 Å². The van der Waals surface area contributed by atoms with Crippen LogP contribution in [0.3, 0.4) is 0 Å². The highest BCUT2D eigenvalue weighted by atomic mass is 16.5. The van der Waals surface area contributed by atoms with Crippen LogP contribution >= 0.6 is 0 Å². The van der Waals surface area contributed by atoms with Gasteiger partial charge in [-0.1, -0.05) is 48.5 Å². The van der Waals surface area contributed by atoms with Gasteiger partial charge in [0.2, 0.25) is 0 Å². The van der Waals surface area contributed by atoms with Crippen molar-refractivity contribution < 1.29 is 14.6 Å². The molecule has 1 aliphatic heterocycles. The lowest BCUT2D eigenvalue weighted by Gasteiger charge is -2.33. The van der Waals surface area contributed by atoms with E-state index >= 15 is 0 Å². The average molecular weight is 266 g/mol. The van der Waals surface area contributed by atoms with Gasteiger partial charge in [0.25, 0.3) is 0 Å². The minimum absolute atomic E-state index is 0.276. The van der Waals surface area contributed by atoms with E-state index in [2.05, 4.69) is 0 Å². The first-order valence-electron chi connectivity index (χ1n) is 6.40. The van der Waals surface area contributed by atoms with Crippen LogP contribution in [-0.4, -0.2) is 11.1 Å². The number of benzene rings is 2. The molecule has 0 saturated heterocycles. The smallest absolute Gasteiger partial charge is 0.336 e. The van der Waals surface area contributed by atoms with Crippen molar-refractivity contribution in [2.75, 3.05) is 0 Å². The fourth-order valence-corrected chi connectivity index (χ4v) is 2.48. The number of carboxylic acid groups (broad SMARTS) is 1. The Bertz CT molecular complexity index is 688. The van der Waals surface area contributed by atoms with Gasteiger partial charge in [-0.05, 0) is 24.6 Å². The highest BCUT2D eigenvalue weighted by molar-refractivity contribution is 6.16. The Morgan fingerprint density at radius 2 is 1.70 bits per heavy atom. The Morgan fingerprint density at radius 3 is 2.40 bits per heavy atom. The Morgan fingerprint density at radius 1 is 1.05 bits per heavy atom. The van der Waals surface area contributed by atoms with Crippen molar-refractivity contribution in [2.45, 2.75) is 12.5 Å². The molecule has 0 aliphatic carbocycles. The Hall–Kier alpha value is -2.55. The second-order valence-corrected chi connectivity index (χ2v) is 4.93. The van der Waals surface area contributed by atoms with Gasteiger partial charge in [-0.3, -0.25) is 0 Å². The summed E-state index contributed by atoms with van der Waals surface area (Å²) in [6.07, 6.45) is 1.67. The Balaban J connectivity index is 2.18. The summed E-state index contributed by atoms with van der Waals surface area (Å²) in [6, 6.07) is 16.8. The van der Waals surface area contributed by atoms with Crippen molar-refractivity contribution in [3.63, 3.8) is 0 Å². The van der Waals surface area contributed by atoms with Gasteiger partial charge in [0.05, 0.1) is 5.57 Å². The normalized spacial score (nSPS) is 20.6. The minimum atomic E-state index is -0.942. The maximum atomic E-state index is 11.5. The van der Waals surface area contributed by atoms with E-state index in [9.17, 15) is 9.90 Å². The van der Waals surface area contributed by atoms with Crippen LogP contribution in [0.5, 0.6) is 5.75 Å². The van der Waals surface area contributed by atoms with Crippen molar-refractivity contribution in [2.24, 2.45) is 0 Å². The van der Waals surface area contributed by atoms with Crippen LogP contribution in [-0.2, 0) is 10.4 Å².